The van der Waals surface area contributed by atoms with Gasteiger partial charge in [0.1, 0.15) is 17.5 Å². The van der Waals surface area contributed by atoms with Gasteiger partial charge in [0.15, 0.2) is 5.78 Å². The lowest BCUT2D eigenvalue weighted by molar-refractivity contribution is -0.144. The van der Waals surface area contributed by atoms with Gasteiger partial charge in [-0.3, -0.25) is 34.4 Å². The Labute approximate surface area is 214 Å². The lowest BCUT2D eigenvalue weighted by Crippen LogP contribution is -2.46. The molecular weight excluding hydrogens is 503 g/mol. The van der Waals surface area contributed by atoms with Gasteiger partial charge in [0.25, 0.3) is 5.56 Å². The first-order valence-electron chi connectivity index (χ1n) is 11.7. The highest BCUT2D eigenvalue weighted by Crippen LogP contribution is 2.17. The minimum absolute atomic E-state index is 0.0756. The van der Waals surface area contributed by atoms with Crippen LogP contribution in [-0.2, 0) is 27.3 Å². The van der Waals surface area contributed by atoms with E-state index in [1.54, 1.807) is 6.07 Å². The van der Waals surface area contributed by atoms with Gasteiger partial charge in [-0.05, 0) is 35.7 Å². The summed E-state index contributed by atoms with van der Waals surface area (Å²) in [5.41, 5.74) is 1.33. The van der Waals surface area contributed by atoms with E-state index in [0.717, 1.165) is 15.6 Å². The second kappa shape index (κ2) is 11.2. The fraction of sp³-hybridized carbons (Fsp3) is 0.222. The largest absolute Gasteiger partial charge is 0.310 e. The molecule has 11 heteroatoms. The molecule has 0 spiro atoms. The number of nitrogens with one attached hydrogen (secondary N) is 1. The number of nitrogens with zero attached hydrogens (tertiary/aromatic N) is 2. The summed E-state index contributed by atoms with van der Waals surface area (Å²) >= 11 is 0. The Morgan fingerprint density at radius 1 is 0.921 bits per heavy atom. The van der Waals surface area contributed by atoms with Crippen LogP contribution in [0.3, 0.4) is 0 Å². The molecule has 0 bridgehead atoms. The monoisotopic (exact) mass is 525 g/mol. The molecule has 38 heavy (non-hydrogen) atoms. The van der Waals surface area contributed by atoms with E-state index in [1.807, 2.05) is 0 Å². The van der Waals surface area contributed by atoms with Gasteiger partial charge >= 0.3 is 5.91 Å². The molecule has 1 aliphatic heterocycles. The van der Waals surface area contributed by atoms with Crippen LogP contribution in [0.1, 0.15) is 46.3 Å². The van der Waals surface area contributed by atoms with E-state index in [-0.39, 0.29) is 48.5 Å². The number of hydrogen-bond donors (Lipinski definition) is 1. The third kappa shape index (κ3) is 6.05. The number of hydrogen-bond acceptors (Lipinski definition) is 5. The number of carbonyl (C=O) groups excluding carboxylic acids is 4. The average Bonchev–Trinajstić information content (AvgIpc) is 3.27. The molecule has 0 saturated carbocycles. The van der Waals surface area contributed by atoms with Gasteiger partial charge in [-0.1, -0.05) is 24.3 Å². The summed E-state index contributed by atoms with van der Waals surface area (Å²) in [6.07, 6.45) is 0.945. The molecule has 0 radical (unpaired) electrons. The fourth-order valence-electron chi connectivity index (χ4n) is 4.08. The van der Waals surface area contributed by atoms with Gasteiger partial charge in [-0.15, -0.1) is 0 Å². The summed E-state index contributed by atoms with van der Waals surface area (Å²) in [5.74, 6) is -5.90. The molecule has 1 fully saturated rings. The van der Waals surface area contributed by atoms with Crippen molar-refractivity contribution in [3.63, 3.8) is 0 Å². The Balaban J connectivity index is 1.63. The van der Waals surface area contributed by atoms with Crippen molar-refractivity contribution >= 4 is 23.4 Å². The molecule has 4 rings (SSSR count). The molecule has 2 aromatic carbocycles. The molecule has 1 N–H and O–H groups in total. The molecule has 3 aromatic rings. The third-order valence-corrected chi connectivity index (χ3v) is 6.04. The van der Waals surface area contributed by atoms with Gasteiger partial charge in [-0.25, -0.2) is 13.2 Å². The zero-order chi connectivity index (χ0) is 27.4. The number of rotatable bonds is 9. The van der Waals surface area contributed by atoms with Crippen LogP contribution < -0.4 is 11.0 Å². The van der Waals surface area contributed by atoms with Crippen LogP contribution in [0.5, 0.6) is 0 Å². The van der Waals surface area contributed by atoms with Gasteiger partial charge in [0.05, 0.1) is 18.5 Å². The molecule has 8 nitrogen and oxygen atoms in total. The molecule has 2 amide bonds. The minimum Gasteiger partial charge on any atom is -0.310 e. The predicted octanol–water partition coefficient (Wildman–Crippen LogP) is 2.70. The van der Waals surface area contributed by atoms with Crippen molar-refractivity contribution in [3.8, 4) is 0 Å². The highest BCUT2D eigenvalue weighted by atomic mass is 19.1. The second-order valence-corrected chi connectivity index (χ2v) is 8.81. The standard InChI is InChI=1S/C27H22F3N3O5/c28-19-8-7-17(22(30)12-19)10-16-11-20(27(38)32(14-16)15-18-4-1-2-5-21(18)29)23(34)13-24(35)26(37)31-33-9-3-6-25(33)36/h1-2,4-5,7-8,11-12,14H,3,6,9-10,13,15H2,(H,31,37). The van der Waals surface area contributed by atoms with Crippen LogP contribution in [0.4, 0.5) is 13.2 Å². The normalized spacial score (nSPS) is 13.0. The Bertz CT molecular complexity index is 1500. The molecule has 1 saturated heterocycles. The van der Waals surface area contributed by atoms with E-state index in [4.69, 9.17) is 0 Å². The lowest BCUT2D eigenvalue weighted by Gasteiger charge is -2.16. The first-order valence-corrected chi connectivity index (χ1v) is 11.7. The molecule has 0 aliphatic carbocycles. The first-order chi connectivity index (χ1) is 18.1. The zero-order valence-electron chi connectivity index (χ0n) is 20.0. The van der Waals surface area contributed by atoms with Crippen LogP contribution in [0.2, 0.25) is 0 Å². The highest BCUT2D eigenvalue weighted by molar-refractivity contribution is 6.40. The smallest absolute Gasteiger partial charge is 0.306 e. The van der Waals surface area contributed by atoms with Crippen molar-refractivity contribution in [2.75, 3.05) is 6.54 Å². The van der Waals surface area contributed by atoms with Gasteiger partial charge in [0.2, 0.25) is 11.7 Å². The number of ketones is 2. The summed E-state index contributed by atoms with van der Waals surface area (Å²) in [5, 5.41) is 0.990. The van der Waals surface area contributed by atoms with Crippen molar-refractivity contribution in [1.82, 2.24) is 15.0 Å². The quantitative estimate of drug-likeness (QED) is 0.263. The summed E-state index contributed by atoms with van der Waals surface area (Å²) in [4.78, 5) is 62.4. The van der Waals surface area contributed by atoms with E-state index < -0.39 is 52.5 Å². The number of carbonyl (C=O) groups is 4. The number of benzene rings is 2. The van der Waals surface area contributed by atoms with E-state index in [2.05, 4.69) is 5.43 Å². The minimum atomic E-state index is -1.18. The topological polar surface area (TPSA) is 106 Å². The molecule has 2 heterocycles. The van der Waals surface area contributed by atoms with Crippen molar-refractivity contribution in [3.05, 3.63) is 105 Å². The molecule has 196 valence electrons. The van der Waals surface area contributed by atoms with Gasteiger partial charge in [-0.2, -0.15) is 0 Å². The zero-order valence-corrected chi connectivity index (χ0v) is 20.0. The van der Waals surface area contributed by atoms with Crippen LogP contribution in [-0.4, -0.2) is 39.5 Å². The predicted molar refractivity (Wildman–Crippen MR) is 128 cm³/mol. The van der Waals surface area contributed by atoms with E-state index in [1.165, 1.54) is 36.5 Å². The van der Waals surface area contributed by atoms with Crippen molar-refractivity contribution in [2.45, 2.75) is 32.2 Å². The van der Waals surface area contributed by atoms with Crippen molar-refractivity contribution in [2.24, 2.45) is 0 Å². The summed E-state index contributed by atoms with van der Waals surface area (Å²) < 4.78 is 43.0. The number of pyridine rings is 1. The maximum Gasteiger partial charge on any atom is 0.306 e. The third-order valence-electron chi connectivity index (χ3n) is 6.04. The number of Topliss-reactive ketones (excluding diaryl/α,β-unsaturated/α-hetero) is 2. The van der Waals surface area contributed by atoms with Crippen LogP contribution >= 0.6 is 0 Å². The Hall–Kier alpha value is -4.54. The van der Waals surface area contributed by atoms with Crippen LogP contribution in [0.25, 0.3) is 0 Å². The van der Waals surface area contributed by atoms with Gasteiger partial charge < -0.3 is 4.57 Å². The van der Waals surface area contributed by atoms with Crippen LogP contribution in [0, 0.1) is 17.5 Å². The van der Waals surface area contributed by atoms with Gasteiger partial charge in [0, 0.05) is 37.2 Å². The van der Waals surface area contributed by atoms with E-state index in [9.17, 15) is 37.1 Å². The van der Waals surface area contributed by atoms with Crippen molar-refractivity contribution < 1.29 is 32.3 Å². The molecule has 1 aliphatic rings. The Morgan fingerprint density at radius 3 is 2.37 bits per heavy atom. The fourth-order valence-corrected chi connectivity index (χ4v) is 4.08. The summed E-state index contributed by atoms with van der Waals surface area (Å²) in [6, 6.07) is 9.82. The van der Waals surface area contributed by atoms with Crippen molar-refractivity contribution in [1.29, 1.82) is 0 Å². The maximum atomic E-state index is 14.3. The number of hydrazine groups is 1. The highest BCUT2D eigenvalue weighted by Gasteiger charge is 2.27. The number of aromatic nitrogens is 1. The Kier molecular flexibility index (Phi) is 7.85. The second-order valence-electron chi connectivity index (χ2n) is 8.81. The maximum absolute atomic E-state index is 14.3. The lowest BCUT2D eigenvalue weighted by atomic mass is 10.0. The van der Waals surface area contributed by atoms with E-state index in [0.29, 0.717) is 12.5 Å². The summed E-state index contributed by atoms with van der Waals surface area (Å²) in [7, 11) is 0. The Morgan fingerprint density at radius 2 is 1.68 bits per heavy atom. The first kappa shape index (κ1) is 26.5. The van der Waals surface area contributed by atoms with E-state index >= 15 is 0 Å². The van der Waals surface area contributed by atoms with Crippen LogP contribution in [0.15, 0.2) is 59.5 Å². The SMILES string of the molecule is O=C(CC(=O)c1cc(Cc2ccc(F)cc2F)cn(Cc2ccccc2F)c1=O)C(=O)NN1CCCC1=O. The molecular formula is C27H22F3N3O5. The molecule has 0 unspecified atom stereocenters. The molecule has 1 aromatic heterocycles. The average molecular weight is 525 g/mol. The number of amides is 2. The molecule has 0 atom stereocenters. The number of halogens is 3. The summed E-state index contributed by atoms with van der Waals surface area (Å²) in [6.45, 7) is -0.0361.